The van der Waals surface area contributed by atoms with Crippen molar-refractivity contribution >= 4 is 33.0 Å². The number of nitrogen functional groups attached to an aromatic ring is 1. The molecule has 1 rings (SSSR count). The second-order valence-electron chi connectivity index (χ2n) is 3.33. The molecule has 1 aromatic rings. The number of hydrogen-bond donors (Lipinski definition) is 3. The van der Waals surface area contributed by atoms with Crippen LogP contribution >= 0.6 is 11.6 Å². The van der Waals surface area contributed by atoms with E-state index in [1.165, 1.54) is 25.2 Å². The van der Waals surface area contributed by atoms with Crippen molar-refractivity contribution in [2.24, 2.45) is 0 Å². The molecule has 0 saturated carbocycles. The first-order chi connectivity index (χ1) is 7.86. The van der Waals surface area contributed by atoms with Crippen LogP contribution in [0.15, 0.2) is 34.7 Å². The molecule has 94 valence electrons. The van der Waals surface area contributed by atoms with E-state index in [4.69, 9.17) is 17.3 Å². The highest BCUT2D eigenvalue weighted by atomic mass is 35.5. The van der Waals surface area contributed by atoms with Crippen molar-refractivity contribution in [2.75, 3.05) is 24.6 Å². The predicted octanol–water partition coefficient (Wildman–Crippen LogP) is 1.34. The lowest BCUT2D eigenvalue weighted by molar-refractivity contribution is 0.588. The molecule has 0 radical (unpaired) electrons. The van der Waals surface area contributed by atoms with E-state index in [9.17, 15) is 8.42 Å². The van der Waals surface area contributed by atoms with Crippen LogP contribution in [0.1, 0.15) is 0 Å². The summed E-state index contributed by atoms with van der Waals surface area (Å²) in [5.74, 6) is 0. The second-order valence-corrected chi connectivity index (χ2v) is 5.75. The van der Waals surface area contributed by atoms with E-state index < -0.39 is 10.0 Å². The highest BCUT2D eigenvalue weighted by Gasteiger charge is 2.12. The first-order valence-corrected chi connectivity index (χ1v) is 6.63. The van der Waals surface area contributed by atoms with Crippen LogP contribution in [0, 0.1) is 0 Å². The van der Waals surface area contributed by atoms with Gasteiger partial charge in [0.2, 0.25) is 10.0 Å². The maximum Gasteiger partial charge on any atom is 0.240 e. The molecule has 0 aliphatic heterocycles. The number of nitrogens with two attached hydrogens (primary N) is 1. The number of anilines is 2. The molecule has 0 bridgehead atoms. The van der Waals surface area contributed by atoms with Crippen molar-refractivity contribution in [3.8, 4) is 0 Å². The van der Waals surface area contributed by atoms with E-state index in [2.05, 4.69) is 16.6 Å². The summed E-state index contributed by atoms with van der Waals surface area (Å²) in [5.41, 5.74) is 6.66. The number of rotatable bonds is 5. The Morgan fingerprint density at radius 2 is 2.18 bits per heavy atom. The minimum atomic E-state index is -3.48. The lowest BCUT2D eigenvalue weighted by Crippen LogP contribution is -2.19. The van der Waals surface area contributed by atoms with Crippen molar-refractivity contribution < 1.29 is 8.42 Å². The average Bonchev–Trinajstić information content (AvgIpc) is 2.27. The van der Waals surface area contributed by atoms with Gasteiger partial charge in [-0.15, -0.1) is 0 Å². The van der Waals surface area contributed by atoms with Gasteiger partial charge in [-0.25, -0.2) is 13.1 Å². The van der Waals surface area contributed by atoms with Gasteiger partial charge in [-0.2, -0.15) is 0 Å². The van der Waals surface area contributed by atoms with Gasteiger partial charge < -0.3 is 11.1 Å². The molecule has 0 spiro atoms. The lowest BCUT2D eigenvalue weighted by Gasteiger charge is -2.10. The number of nitrogens with one attached hydrogen (secondary N) is 2. The summed E-state index contributed by atoms with van der Waals surface area (Å²) in [7, 11) is -2.13. The van der Waals surface area contributed by atoms with E-state index in [1.807, 2.05) is 0 Å². The Kier molecular flexibility index (Phi) is 4.39. The van der Waals surface area contributed by atoms with Crippen molar-refractivity contribution in [1.82, 2.24) is 4.72 Å². The molecule has 0 fully saturated rings. The fourth-order valence-corrected chi connectivity index (χ4v) is 1.99. The van der Waals surface area contributed by atoms with E-state index >= 15 is 0 Å². The van der Waals surface area contributed by atoms with Crippen LogP contribution in [0.2, 0.25) is 0 Å². The quantitative estimate of drug-likeness (QED) is 0.708. The number of sulfonamides is 1. The van der Waals surface area contributed by atoms with Gasteiger partial charge in [-0.1, -0.05) is 18.2 Å². The Morgan fingerprint density at radius 1 is 1.53 bits per heavy atom. The minimum absolute atomic E-state index is 0.136. The monoisotopic (exact) mass is 275 g/mol. The third kappa shape index (κ3) is 3.62. The standard InChI is InChI=1S/C10H14ClN3O2S/c1-7(11)6-14-10-5-8(3-4-9(10)12)17(15,16)13-2/h3-5,13-14H,1,6,12H2,2H3. The molecule has 4 N–H and O–H groups in total. The highest BCUT2D eigenvalue weighted by molar-refractivity contribution is 7.89. The summed E-state index contributed by atoms with van der Waals surface area (Å²) < 4.78 is 25.4. The summed E-state index contributed by atoms with van der Waals surface area (Å²) in [6, 6.07) is 4.40. The van der Waals surface area contributed by atoms with Gasteiger partial charge in [0.05, 0.1) is 22.8 Å². The molecule has 0 unspecified atom stereocenters. The minimum Gasteiger partial charge on any atom is -0.397 e. The van der Waals surface area contributed by atoms with Crippen LogP contribution in [0.25, 0.3) is 0 Å². The third-order valence-electron chi connectivity index (χ3n) is 2.07. The molecule has 0 aliphatic carbocycles. The summed E-state index contributed by atoms with van der Waals surface area (Å²) in [4.78, 5) is 0.136. The number of benzene rings is 1. The van der Waals surface area contributed by atoms with Crippen LogP contribution in [0.5, 0.6) is 0 Å². The maximum absolute atomic E-state index is 11.6. The molecule has 5 nitrogen and oxygen atoms in total. The summed E-state index contributed by atoms with van der Waals surface area (Å²) >= 11 is 5.61. The molecule has 0 aliphatic rings. The Balaban J connectivity index is 3.07. The number of halogens is 1. The Morgan fingerprint density at radius 3 is 2.71 bits per heavy atom. The summed E-state index contributed by atoms with van der Waals surface area (Å²) in [6.45, 7) is 3.83. The molecule has 0 atom stereocenters. The Bertz CT molecular complexity index is 528. The van der Waals surface area contributed by atoms with Crippen molar-refractivity contribution in [3.05, 3.63) is 29.8 Å². The molecule has 0 amide bonds. The molecular weight excluding hydrogens is 262 g/mol. The van der Waals surface area contributed by atoms with E-state index in [1.54, 1.807) is 0 Å². The van der Waals surface area contributed by atoms with Crippen molar-refractivity contribution in [1.29, 1.82) is 0 Å². The largest absolute Gasteiger partial charge is 0.397 e. The zero-order valence-corrected chi connectivity index (χ0v) is 10.9. The average molecular weight is 276 g/mol. The molecule has 0 saturated heterocycles. The predicted molar refractivity (Wildman–Crippen MR) is 70.6 cm³/mol. The zero-order valence-electron chi connectivity index (χ0n) is 9.33. The van der Waals surface area contributed by atoms with Crippen LogP contribution < -0.4 is 15.8 Å². The first kappa shape index (κ1) is 13.8. The molecule has 1 aromatic carbocycles. The van der Waals surface area contributed by atoms with E-state index in [0.29, 0.717) is 23.0 Å². The van der Waals surface area contributed by atoms with Gasteiger partial charge in [0, 0.05) is 5.03 Å². The molecular formula is C10H14ClN3O2S. The van der Waals surface area contributed by atoms with Crippen LogP contribution in [-0.4, -0.2) is 22.0 Å². The van der Waals surface area contributed by atoms with Gasteiger partial charge >= 0.3 is 0 Å². The van der Waals surface area contributed by atoms with E-state index in [0.717, 1.165) is 0 Å². The second kappa shape index (κ2) is 5.39. The molecule has 17 heavy (non-hydrogen) atoms. The van der Waals surface area contributed by atoms with Crippen LogP contribution in [0.4, 0.5) is 11.4 Å². The van der Waals surface area contributed by atoms with Crippen molar-refractivity contribution in [2.45, 2.75) is 4.90 Å². The van der Waals surface area contributed by atoms with Gasteiger partial charge in [-0.05, 0) is 25.2 Å². The topological polar surface area (TPSA) is 84.2 Å². The normalized spacial score (nSPS) is 11.2. The smallest absolute Gasteiger partial charge is 0.240 e. The number of hydrogen-bond acceptors (Lipinski definition) is 4. The highest BCUT2D eigenvalue weighted by Crippen LogP contribution is 2.23. The van der Waals surface area contributed by atoms with Crippen LogP contribution in [-0.2, 0) is 10.0 Å². The third-order valence-corrected chi connectivity index (χ3v) is 3.62. The van der Waals surface area contributed by atoms with E-state index in [-0.39, 0.29) is 4.90 Å². The Labute approximate surface area is 106 Å². The Hall–Kier alpha value is -1.24. The fourth-order valence-electron chi connectivity index (χ4n) is 1.16. The summed E-state index contributed by atoms with van der Waals surface area (Å²) in [5, 5.41) is 3.31. The molecule has 0 aromatic heterocycles. The zero-order chi connectivity index (χ0) is 13.1. The maximum atomic E-state index is 11.6. The fraction of sp³-hybridized carbons (Fsp3) is 0.200. The first-order valence-electron chi connectivity index (χ1n) is 4.77. The van der Waals surface area contributed by atoms with Gasteiger partial charge in [-0.3, -0.25) is 0 Å². The van der Waals surface area contributed by atoms with Gasteiger partial charge in [0.25, 0.3) is 0 Å². The van der Waals surface area contributed by atoms with Gasteiger partial charge in [0.15, 0.2) is 0 Å². The van der Waals surface area contributed by atoms with Gasteiger partial charge in [0.1, 0.15) is 0 Å². The molecule has 0 heterocycles. The lowest BCUT2D eigenvalue weighted by atomic mass is 10.2. The van der Waals surface area contributed by atoms with Crippen molar-refractivity contribution in [3.63, 3.8) is 0 Å². The molecule has 7 heteroatoms. The SMILES string of the molecule is C=C(Cl)CNc1cc(S(=O)(=O)NC)ccc1N. The van der Waals surface area contributed by atoms with Crippen LogP contribution in [0.3, 0.4) is 0 Å². The summed E-state index contributed by atoms with van der Waals surface area (Å²) in [6.07, 6.45) is 0.